The summed E-state index contributed by atoms with van der Waals surface area (Å²) in [6.45, 7) is 8.58. The van der Waals surface area contributed by atoms with Gasteiger partial charge in [0, 0.05) is 36.1 Å². The number of H-pyrrole nitrogens is 1. The van der Waals surface area contributed by atoms with E-state index in [0.29, 0.717) is 41.7 Å². The first-order valence-electron chi connectivity index (χ1n) is 9.87. The van der Waals surface area contributed by atoms with Crippen molar-refractivity contribution in [3.8, 4) is 0 Å². The number of carbonyl (C=O) groups excluding carboxylic acids is 1. The first-order valence-corrected chi connectivity index (χ1v) is 9.87. The van der Waals surface area contributed by atoms with E-state index in [1.807, 2.05) is 32.0 Å². The van der Waals surface area contributed by atoms with Crippen molar-refractivity contribution in [2.75, 3.05) is 22.5 Å². The number of hydrogen-bond acceptors (Lipinski definition) is 7. The molecule has 0 atom stereocenters. The highest BCUT2D eigenvalue weighted by atomic mass is 16.2. The first kappa shape index (κ1) is 21.0. The van der Waals surface area contributed by atoms with Crippen LogP contribution in [0.1, 0.15) is 32.3 Å². The number of aryl methyl sites for hydroxylation is 1. The maximum Gasteiger partial charge on any atom is 0.319 e. The number of urea groups is 1. The second-order valence-electron chi connectivity index (χ2n) is 7.24. The fraction of sp³-hybridized carbons (Fsp3) is 0.350. The third kappa shape index (κ3) is 6.16. The molecule has 5 N–H and O–H groups in total. The highest BCUT2D eigenvalue weighted by Crippen LogP contribution is 2.19. The molecule has 0 fully saturated rings. The molecule has 1 aromatic carbocycles. The van der Waals surface area contributed by atoms with Gasteiger partial charge in [-0.3, -0.25) is 5.10 Å². The fourth-order valence-electron chi connectivity index (χ4n) is 2.69. The second kappa shape index (κ2) is 9.68. The molecule has 0 aliphatic carbocycles. The molecule has 158 valence electrons. The zero-order valence-corrected chi connectivity index (χ0v) is 17.6. The van der Waals surface area contributed by atoms with Crippen LogP contribution in [0.4, 0.5) is 33.9 Å². The number of anilines is 5. The predicted molar refractivity (Wildman–Crippen MR) is 117 cm³/mol. The van der Waals surface area contributed by atoms with Crippen molar-refractivity contribution >= 4 is 35.1 Å². The zero-order chi connectivity index (χ0) is 21.5. The van der Waals surface area contributed by atoms with Crippen LogP contribution in [0.5, 0.6) is 0 Å². The summed E-state index contributed by atoms with van der Waals surface area (Å²) >= 11 is 0. The quantitative estimate of drug-likeness (QED) is 0.383. The van der Waals surface area contributed by atoms with Gasteiger partial charge in [0.1, 0.15) is 5.82 Å². The van der Waals surface area contributed by atoms with Crippen molar-refractivity contribution < 1.29 is 4.79 Å². The fourth-order valence-corrected chi connectivity index (χ4v) is 2.69. The van der Waals surface area contributed by atoms with E-state index in [1.165, 1.54) is 0 Å². The van der Waals surface area contributed by atoms with E-state index >= 15 is 0 Å². The molecule has 2 aromatic heterocycles. The van der Waals surface area contributed by atoms with Crippen LogP contribution in [0.2, 0.25) is 0 Å². The van der Waals surface area contributed by atoms with Gasteiger partial charge < -0.3 is 21.3 Å². The summed E-state index contributed by atoms with van der Waals surface area (Å²) in [5.74, 6) is 2.58. The molecule has 2 amide bonds. The maximum atomic E-state index is 11.6. The number of nitrogens with zero attached hydrogens (tertiary/aromatic N) is 4. The lowest BCUT2D eigenvalue weighted by Gasteiger charge is -2.11. The molecular weight excluding hydrogens is 382 g/mol. The largest absolute Gasteiger partial charge is 0.338 e. The van der Waals surface area contributed by atoms with Gasteiger partial charge in [-0.2, -0.15) is 20.1 Å². The normalized spacial score (nSPS) is 10.7. The Hall–Kier alpha value is -3.69. The van der Waals surface area contributed by atoms with Crippen molar-refractivity contribution in [3.63, 3.8) is 0 Å². The molecule has 30 heavy (non-hydrogen) atoms. The highest BCUT2D eigenvalue weighted by molar-refractivity contribution is 5.89. The summed E-state index contributed by atoms with van der Waals surface area (Å²) in [4.78, 5) is 25.1. The second-order valence-corrected chi connectivity index (χ2v) is 7.24. The van der Waals surface area contributed by atoms with Crippen LogP contribution in [0.25, 0.3) is 0 Å². The van der Waals surface area contributed by atoms with Crippen LogP contribution in [0.3, 0.4) is 0 Å². The minimum absolute atomic E-state index is 0.238. The van der Waals surface area contributed by atoms with Crippen molar-refractivity contribution in [2.45, 2.75) is 34.1 Å². The summed E-state index contributed by atoms with van der Waals surface area (Å²) < 4.78 is 0. The Labute approximate surface area is 175 Å². The van der Waals surface area contributed by atoms with Crippen LogP contribution in [-0.2, 0) is 6.42 Å². The Morgan fingerprint density at radius 2 is 1.70 bits per heavy atom. The number of benzene rings is 1. The molecule has 3 rings (SSSR count). The average Bonchev–Trinajstić information content (AvgIpc) is 3.07. The van der Waals surface area contributed by atoms with Crippen LogP contribution in [-0.4, -0.2) is 37.7 Å². The summed E-state index contributed by atoms with van der Waals surface area (Å²) in [6, 6.07) is 8.94. The summed E-state index contributed by atoms with van der Waals surface area (Å²) in [7, 11) is 0. The van der Waals surface area contributed by atoms with E-state index in [4.69, 9.17) is 0 Å². The van der Waals surface area contributed by atoms with Crippen molar-refractivity contribution in [3.05, 3.63) is 41.9 Å². The Morgan fingerprint density at radius 1 is 1.03 bits per heavy atom. The molecule has 2 heterocycles. The first-order chi connectivity index (χ1) is 14.4. The molecule has 0 spiro atoms. The van der Waals surface area contributed by atoms with Gasteiger partial charge in [0.25, 0.3) is 0 Å². The van der Waals surface area contributed by atoms with Gasteiger partial charge in [-0.15, -0.1) is 0 Å². The van der Waals surface area contributed by atoms with Gasteiger partial charge in [-0.25, -0.2) is 4.79 Å². The van der Waals surface area contributed by atoms with E-state index in [-0.39, 0.29) is 6.03 Å². The number of carbonyl (C=O) groups is 1. The van der Waals surface area contributed by atoms with Crippen LogP contribution < -0.4 is 21.3 Å². The summed E-state index contributed by atoms with van der Waals surface area (Å²) in [5.41, 5.74) is 2.42. The van der Waals surface area contributed by atoms with Crippen LogP contribution >= 0.6 is 0 Å². The number of aromatic amines is 1. The molecule has 10 heteroatoms. The van der Waals surface area contributed by atoms with Gasteiger partial charge in [-0.1, -0.05) is 13.8 Å². The predicted octanol–water partition coefficient (Wildman–Crippen LogP) is 3.73. The third-order valence-electron chi connectivity index (χ3n) is 3.95. The Bertz CT molecular complexity index is 982. The maximum absolute atomic E-state index is 11.6. The lowest BCUT2D eigenvalue weighted by molar-refractivity contribution is 0.252. The summed E-state index contributed by atoms with van der Waals surface area (Å²) in [6.07, 6.45) is 0.723. The van der Waals surface area contributed by atoms with Gasteiger partial charge in [0.2, 0.25) is 11.9 Å². The topological polar surface area (TPSA) is 133 Å². The Morgan fingerprint density at radius 3 is 2.30 bits per heavy atom. The third-order valence-corrected chi connectivity index (χ3v) is 3.95. The van der Waals surface area contributed by atoms with E-state index < -0.39 is 0 Å². The van der Waals surface area contributed by atoms with Crippen molar-refractivity contribution in [1.29, 1.82) is 0 Å². The minimum Gasteiger partial charge on any atom is -0.338 e. The molecule has 0 unspecified atom stereocenters. The molecule has 10 nitrogen and oxygen atoms in total. The Kier molecular flexibility index (Phi) is 6.79. The SMILES string of the molecule is CCNC(=O)Nc1ccc(Nc2nc(CC(C)C)nc(Nc3cc(C)[nH]n3)n2)cc1. The molecule has 0 aliphatic rings. The molecule has 3 aromatic rings. The zero-order valence-electron chi connectivity index (χ0n) is 17.6. The van der Waals surface area contributed by atoms with Crippen molar-refractivity contribution in [1.82, 2.24) is 30.5 Å². The molecule has 0 radical (unpaired) electrons. The lowest BCUT2D eigenvalue weighted by Crippen LogP contribution is -2.28. The number of aromatic nitrogens is 5. The molecule has 0 saturated carbocycles. The van der Waals surface area contributed by atoms with Gasteiger partial charge in [0.15, 0.2) is 5.82 Å². The smallest absolute Gasteiger partial charge is 0.319 e. The van der Waals surface area contributed by atoms with Gasteiger partial charge >= 0.3 is 6.03 Å². The summed E-state index contributed by atoms with van der Waals surface area (Å²) in [5, 5.41) is 18.8. The number of rotatable bonds is 8. The van der Waals surface area contributed by atoms with Gasteiger partial charge in [0.05, 0.1) is 0 Å². The minimum atomic E-state index is -0.238. The lowest BCUT2D eigenvalue weighted by atomic mass is 10.1. The molecule has 0 saturated heterocycles. The van der Waals surface area contributed by atoms with Gasteiger partial charge in [-0.05, 0) is 44.0 Å². The average molecular weight is 409 g/mol. The van der Waals surface area contributed by atoms with E-state index in [1.54, 1.807) is 12.1 Å². The standard InChI is InChI=1S/C20H27N9O/c1-5-21-20(30)23-15-8-6-14(7-9-15)22-18-24-16(10-12(2)3)25-19(27-18)26-17-11-13(4)28-29-17/h6-9,11-12H,5,10H2,1-4H3,(H2,21,23,30)(H3,22,24,25,26,27,28,29). The number of amides is 2. The highest BCUT2D eigenvalue weighted by Gasteiger charge is 2.10. The monoisotopic (exact) mass is 409 g/mol. The number of hydrogen-bond donors (Lipinski definition) is 5. The number of nitrogens with one attached hydrogen (secondary N) is 5. The van der Waals surface area contributed by atoms with Crippen LogP contribution in [0, 0.1) is 12.8 Å². The molecule has 0 aliphatic heterocycles. The van der Waals surface area contributed by atoms with Crippen molar-refractivity contribution in [2.24, 2.45) is 5.92 Å². The van der Waals surface area contributed by atoms with E-state index in [0.717, 1.165) is 17.8 Å². The molecular formula is C20H27N9O. The van der Waals surface area contributed by atoms with Crippen LogP contribution in [0.15, 0.2) is 30.3 Å². The molecule has 0 bridgehead atoms. The van der Waals surface area contributed by atoms with E-state index in [9.17, 15) is 4.79 Å². The van der Waals surface area contributed by atoms with E-state index in [2.05, 4.69) is 60.3 Å². The Balaban J connectivity index is 1.76.